The Morgan fingerprint density at radius 3 is 2.28 bits per heavy atom. The van der Waals surface area contributed by atoms with E-state index in [1.165, 1.54) is 9.79 Å². The molecule has 2 aromatic carbocycles. The lowest BCUT2D eigenvalue weighted by atomic mass is 10.2. The minimum absolute atomic E-state index is 0.201. The summed E-state index contributed by atoms with van der Waals surface area (Å²) in [6.45, 7) is 0. The summed E-state index contributed by atoms with van der Waals surface area (Å²) in [6, 6.07) is 14.0. The summed E-state index contributed by atoms with van der Waals surface area (Å²) in [4.78, 5) is 2.62. The van der Waals surface area contributed by atoms with Crippen molar-refractivity contribution in [3.63, 3.8) is 0 Å². The molecule has 1 aliphatic heterocycles. The second-order valence-electron chi connectivity index (χ2n) is 3.95. The molecule has 1 aliphatic rings. The second-order valence-corrected chi connectivity index (χ2v) is 6.54. The highest BCUT2D eigenvalue weighted by Crippen LogP contribution is 2.56. The van der Waals surface area contributed by atoms with Gasteiger partial charge in [-0.15, -0.1) is 23.5 Å². The van der Waals surface area contributed by atoms with Crippen LogP contribution in [0.2, 0.25) is 0 Å². The fourth-order valence-electron chi connectivity index (χ4n) is 1.89. The Hall–Kier alpha value is -1.26. The fraction of sp³-hybridized carbons (Fsp3) is 0.143. The molecule has 1 heterocycles. The van der Waals surface area contributed by atoms with Gasteiger partial charge in [-0.3, -0.25) is 0 Å². The molecular weight excluding hydrogens is 264 g/mol. The van der Waals surface area contributed by atoms with E-state index in [0.29, 0.717) is 10.3 Å². The number of thioether (sulfide) groups is 2. The number of aromatic hydroxyl groups is 1. The van der Waals surface area contributed by atoms with Gasteiger partial charge >= 0.3 is 0 Å². The van der Waals surface area contributed by atoms with Crippen molar-refractivity contribution in [1.82, 2.24) is 0 Å². The molecule has 0 atom stereocenters. The Morgan fingerprint density at radius 2 is 1.72 bits per heavy atom. The van der Waals surface area contributed by atoms with E-state index in [2.05, 4.69) is 24.3 Å². The van der Waals surface area contributed by atoms with E-state index in [1.807, 2.05) is 35.7 Å². The van der Waals surface area contributed by atoms with Gasteiger partial charge in [0.05, 0.1) is 11.7 Å². The second kappa shape index (κ2) is 4.78. The van der Waals surface area contributed by atoms with Crippen LogP contribution in [0.15, 0.2) is 52.3 Å². The highest BCUT2D eigenvalue weighted by atomic mass is 32.2. The van der Waals surface area contributed by atoms with E-state index in [-0.39, 0.29) is 5.75 Å². The summed E-state index contributed by atoms with van der Waals surface area (Å²) in [5.74, 6) is 0.719. The molecule has 1 N–H and O–H groups in total. The topological polar surface area (TPSA) is 29.5 Å². The summed E-state index contributed by atoms with van der Waals surface area (Å²) >= 11 is 3.64. The normalized spacial score (nSPS) is 14.5. The number of ether oxygens (including phenoxy) is 1. The summed E-state index contributed by atoms with van der Waals surface area (Å²) in [7, 11) is 1.56. The first kappa shape index (κ1) is 11.8. The van der Waals surface area contributed by atoms with Gasteiger partial charge in [0.2, 0.25) is 0 Å². The third-order valence-corrected chi connectivity index (χ3v) is 5.69. The van der Waals surface area contributed by atoms with Crippen molar-refractivity contribution in [1.29, 1.82) is 0 Å². The molecule has 0 amide bonds. The SMILES string of the molecule is COc1ccc(C2Sc3ccccc3S2)cc1O. The largest absolute Gasteiger partial charge is 0.504 e. The minimum atomic E-state index is 0.201. The van der Waals surface area contributed by atoms with Gasteiger partial charge in [0.25, 0.3) is 0 Å². The molecule has 0 radical (unpaired) electrons. The molecule has 2 nitrogen and oxygen atoms in total. The zero-order valence-electron chi connectivity index (χ0n) is 9.79. The third-order valence-electron chi connectivity index (χ3n) is 2.79. The van der Waals surface area contributed by atoms with Crippen LogP contribution >= 0.6 is 23.5 Å². The van der Waals surface area contributed by atoms with E-state index in [1.54, 1.807) is 13.2 Å². The van der Waals surface area contributed by atoms with Gasteiger partial charge in [-0.25, -0.2) is 0 Å². The van der Waals surface area contributed by atoms with Crippen molar-refractivity contribution >= 4 is 23.5 Å². The van der Waals surface area contributed by atoms with E-state index >= 15 is 0 Å². The molecule has 0 bridgehead atoms. The summed E-state index contributed by atoms with van der Waals surface area (Å²) in [6.07, 6.45) is 0. The van der Waals surface area contributed by atoms with E-state index < -0.39 is 0 Å². The number of rotatable bonds is 2. The van der Waals surface area contributed by atoms with Crippen LogP contribution in [0.4, 0.5) is 0 Å². The standard InChI is InChI=1S/C14H12O2S2/c1-16-11-7-6-9(8-10(11)15)14-17-12-4-2-3-5-13(12)18-14/h2-8,14-15H,1H3. The molecule has 92 valence electrons. The maximum atomic E-state index is 9.83. The molecule has 0 saturated carbocycles. The lowest BCUT2D eigenvalue weighted by molar-refractivity contribution is 0.373. The number of benzene rings is 2. The van der Waals surface area contributed by atoms with E-state index in [0.717, 1.165) is 5.56 Å². The highest BCUT2D eigenvalue weighted by molar-refractivity contribution is 8.18. The quantitative estimate of drug-likeness (QED) is 0.885. The van der Waals surface area contributed by atoms with Crippen molar-refractivity contribution in [2.24, 2.45) is 0 Å². The van der Waals surface area contributed by atoms with Crippen molar-refractivity contribution in [2.45, 2.75) is 14.4 Å². The van der Waals surface area contributed by atoms with Crippen LogP contribution in [0.1, 0.15) is 10.1 Å². The molecule has 0 aliphatic carbocycles. The predicted octanol–water partition coefficient (Wildman–Crippen LogP) is 4.30. The average molecular weight is 276 g/mol. The maximum absolute atomic E-state index is 9.83. The lowest BCUT2D eigenvalue weighted by Crippen LogP contribution is -1.88. The van der Waals surface area contributed by atoms with Crippen LogP contribution in [0.5, 0.6) is 11.5 Å². The van der Waals surface area contributed by atoms with E-state index in [9.17, 15) is 5.11 Å². The van der Waals surface area contributed by atoms with Crippen LogP contribution in [0, 0.1) is 0 Å². The van der Waals surface area contributed by atoms with Gasteiger partial charge in [0.15, 0.2) is 11.5 Å². The van der Waals surface area contributed by atoms with Crippen molar-refractivity contribution in [3.8, 4) is 11.5 Å². The Balaban J connectivity index is 1.88. The molecule has 4 heteroatoms. The molecular formula is C14H12O2S2. The number of phenolic OH excluding ortho intramolecular Hbond substituents is 1. The monoisotopic (exact) mass is 276 g/mol. The lowest BCUT2D eigenvalue weighted by Gasteiger charge is -2.10. The summed E-state index contributed by atoms with van der Waals surface area (Å²) in [5.41, 5.74) is 1.11. The van der Waals surface area contributed by atoms with Gasteiger partial charge in [0.1, 0.15) is 0 Å². The number of hydrogen-bond donors (Lipinski definition) is 1. The fourth-order valence-corrected chi connectivity index (χ4v) is 4.70. The Labute approximate surface area is 114 Å². The third kappa shape index (κ3) is 2.06. The zero-order valence-corrected chi connectivity index (χ0v) is 11.4. The minimum Gasteiger partial charge on any atom is -0.504 e. The predicted molar refractivity (Wildman–Crippen MR) is 75.6 cm³/mol. The Morgan fingerprint density at radius 1 is 1.06 bits per heavy atom. The first-order valence-electron chi connectivity index (χ1n) is 5.57. The molecule has 0 saturated heterocycles. The first-order chi connectivity index (χ1) is 8.78. The first-order valence-corrected chi connectivity index (χ1v) is 7.33. The van der Waals surface area contributed by atoms with Crippen LogP contribution in [-0.4, -0.2) is 12.2 Å². The summed E-state index contributed by atoms with van der Waals surface area (Å²) < 4.78 is 5.37. The smallest absolute Gasteiger partial charge is 0.160 e. The van der Waals surface area contributed by atoms with Crippen LogP contribution in [-0.2, 0) is 0 Å². The van der Waals surface area contributed by atoms with Gasteiger partial charge in [0, 0.05) is 9.79 Å². The summed E-state index contributed by atoms with van der Waals surface area (Å²) in [5, 5.41) is 9.83. The Kier molecular flexibility index (Phi) is 3.14. The molecule has 2 aromatic rings. The maximum Gasteiger partial charge on any atom is 0.160 e. The van der Waals surface area contributed by atoms with Gasteiger partial charge in [-0.05, 0) is 29.8 Å². The molecule has 0 aromatic heterocycles. The van der Waals surface area contributed by atoms with Gasteiger partial charge in [-0.1, -0.05) is 18.2 Å². The molecule has 18 heavy (non-hydrogen) atoms. The van der Waals surface area contributed by atoms with Gasteiger partial charge in [-0.2, -0.15) is 0 Å². The van der Waals surface area contributed by atoms with Crippen LogP contribution < -0.4 is 4.74 Å². The number of hydrogen-bond acceptors (Lipinski definition) is 4. The van der Waals surface area contributed by atoms with Gasteiger partial charge < -0.3 is 9.84 Å². The molecule has 0 fully saturated rings. The number of phenols is 1. The highest BCUT2D eigenvalue weighted by Gasteiger charge is 2.24. The van der Waals surface area contributed by atoms with Crippen molar-refractivity contribution < 1.29 is 9.84 Å². The number of methoxy groups -OCH3 is 1. The van der Waals surface area contributed by atoms with E-state index in [4.69, 9.17) is 4.74 Å². The van der Waals surface area contributed by atoms with Crippen molar-refractivity contribution in [3.05, 3.63) is 48.0 Å². The zero-order chi connectivity index (χ0) is 12.5. The number of fused-ring (bicyclic) bond motifs is 1. The van der Waals surface area contributed by atoms with Crippen LogP contribution in [0.3, 0.4) is 0 Å². The average Bonchev–Trinajstić information content (AvgIpc) is 2.82. The Bertz CT molecular complexity index is 559. The van der Waals surface area contributed by atoms with Crippen molar-refractivity contribution in [2.75, 3.05) is 7.11 Å². The molecule has 0 unspecified atom stereocenters. The molecule has 3 rings (SSSR count). The molecule has 0 spiro atoms. The van der Waals surface area contributed by atoms with Crippen LogP contribution in [0.25, 0.3) is 0 Å².